The molecule has 5 heteroatoms. The molecule has 0 radical (unpaired) electrons. The number of anilines is 1. The van der Waals surface area contributed by atoms with Crippen LogP contribution in [0.4, 0.5) is 14.5 Å². The summed E-state index contributed by atoms with van der Waals surface area (Å²) in [5, 5.41) is 4.60. The molecule has 152 valence electrons. The van der Waals surface area contributed by atoms with Crippen molar-refractivity contribution in [1.82, 2.24) is 0 Å². The summed E-state index contributed by atoms with van der Waals surface area (Å²) in [5.74, 6) is -0.993. The molecule has 0 saturated heterocycles. The van der Waals surface area contributed by atoms with Gasteiger partial charge in [0.2, 0.25) is 5.91 Å². The predicted molar refractivity (Wildman–Crippen MR) is 117 cm³/mol. The molecular weight excluding hydrogens is 384 g/mol. The van der Waals surface area contributed by atoms with E-state index in [4.69, 9.17) is 4.42 Å². The molecule has 3 nitrogen and oxygen atoms in total. The normalized spacial score (nSPS) is 13.1. The number of carbonyl (C=O) groups excluding carboxylic acids is 1. The maximum Gasteiger partial charge on any atom is 0.264 e. The van der Waals surface area contributed by atoms with Crippen molar-refractivity contribution >= 4 is 39.1 Å². The summed E-state index contributed by atoms with van der Waals surface area (Å²) in [6.45, 7) is 1.80. The number of alkyl halides is 2. The highest BCUT2D eigenvalue weighted by Gasteiger charge is 2.21. The van der Waals surface area contributed by atoms with E-state index in [9.17, 15) is 13.6 Å². The first kappa shape index (κ1) is 19.8. The van der Waals surface area contributed by atoms with Crippen LogP contribution in [0, 0.1) is 5.92 Å². The van der Waals surface area contributed by atoms with Crippen LogP contribution in [0.5, 0.6) is 0 Å². The molecule has 1 N–H and O–H groups in total. The fourth-order valence-electron chi connectivity index (χ4n) is 3.55. The predicted octanol–water partition coefficient (Wildman–Crippen LogP) is 6.90. The lowest BCUT2D eigenvalue weighted by molar-refractivity contribution is -0.118. The van der Waals surface area contributed by atoms with E-state index in [0.717, 1.165) is 10.8 Å². The van der Waals surface area contributed by atoms with Crippen molar-refractivity contribution in [3.63, 3.8) is 0 Å². The standard InChI is InChI=1S/C25H21F2NO2/c1-2-16(25(29)28-18-8-4-3-5-9-18)14-21(24(26)27)17-12-13-20-19-10-6-7-11-22(19)30-23(20)15-17/h3-16,24H,2H2,1H3,(H,28,29)/b21-14+. The van der Waals surface area contributed by atoms with Crippen molar-refractivity contribution in [2.45, 2.75) is 19.8 Å². The van der Waals surface area contributed by atoms with Gasteiger partial charge in [-0.1, -0.05) is 55.5 Å². The summed E-state index contributed by atoms with van der Waals surface area (Å²) in [4.78, 5) is 12.6. The van der Waals surface area contributed by atoms with Crippen LogP contribution < -0.4 is 5.32 Å². The lowest BCUT2D eigenvalue weighted by atomic mass is 9.96. The van der Waals surface area contributed by atoms with Gasteiger partial charge in [-0.25, -0.2) is 8.78 Å². The Labute approximate surface area is 173 Å². The van der Waals surface area contributed by atoms with E-state index in [1.54, 1.807) is 49.4 Å². The summed E-state index contributed by atoms with van der Waals surface area (Å²) in [6, 6.07) is 21.6. The molecule has 4 aromatic rings. The van der Waals surface area contributed by atoms with Crippen molar-refractivity contribution in [3.05, 3.63) is 84.4 Å². The van der Waals surface area contributed by atoms with Crippen LogP contribution in [0.15, 0.2) is 83.3 Å². The van der Waals surface area contributed by atoms with E-state index in [0.29, 0.717) is 28.8 Å². The average Bonchev–Trinajstić information content (AvgIpc) is 3.12. The van der Waals surface area contributed by atoms with Crippen molar-refractivity contribution in [2.24, 2.45) is 5.92 Å². The second-order valence-electron chi connectivity index (χ2n) is 7.10. The number of rotatable bonds is 6. The number of benzene rings is 3. The Morgan fingerprint density at radius 2 is 1.67 bits per heavy atom. The number of fused-ring (bicyclic) bond motifs is 3. The Hall–Kier alpha value is -3.47. The zero-order valence-electron chi connectivity index (χ0n) is 16.4. The molecule has 1 aromatic heterocycles. The average molecular weight is 405 g/mol. The highest BCUT2D eigenvalue weighted by Crippen LogP contribution is 2.33. The maximum absolute atomic E-state index is 13.9. The topological polar surface area (TPSA) is 42.2 Å². The summed E-state index contributed by atoms with van der Waals surface area (Å²) < 4.78 is 33.7. The van der Waals surface area contributed by atoms with Crippen LogP contribution >= 0.6 is 0 Å². The zero-order chi connectivity index (χ0) is 21.1. The smallest absolute Gasteiger partial charge is 0.264 e. The maximum atomic E-state index is 13.9. The molecule has 1 atom stereocenters. The van der Waals surface area contributed by atoms with Crippen LogP contribution in [0.3, 0.4) is 0 Å². The van der Waals surface area contributed by atoms with Crippen LogP contribution in [0.25, 0.3) is 27.5 Å². The molecule has 0 spiro atoms. The molecule has 4 rings (SSSR count). The molecule has 0 fully saturated rings. The van der Waals surface area contributed by atoms with Gasteiger partial charge in [0.25, 0.3) is 6.43 Å². The first-order valence-corrected chi connectivity index (χ1v) is 9.84. The number of furan rings is 1. The van der Waals surface area contributed by atoms with Crippen LogP contribution in [0.1, 0.15) is 18.9 Å². The Bertz CT molecular complexity index is 1210. The van der Waals surface area contributed by atoms with Crippen LogP contribution in [0.2, 0.25) is 0 Å². The molecular formula is C25H21F2NO2. The van der Waals surface area contributed by atoms with Crippen molar-refractivity contribution in [3.8, 4) is 0 Å². The number of hydrogen-bond donors (Lipinski definition) is 1. The van der Waals surface area contributed by atoms with Gasteiger partial charge < -0.3 is 9.73 Å². The SMILES string of the molecule is CCC(/C=C(\c1ccc2c(c1)oc1ccccc12)C(F)F)C(=O)Nc1ccccc1. The highest BCUT2D eigenvalue weighted by atomic mass is 19.3. The van der Waals surface area contributed by atoms with Crippen molar-refractivity contribution in [2.75, 3.05) is 5.32 Å². The van der Waals surface area contributed by atoms with E-state index in [2.05, 4.69) is 5.32 Å². The molecule has 3 aromatic carbocycles. The van der Waals surface area contributed by atoms with Crippen LogP contribution in [-0.4, -0.2) is 12.3 Å². The van der Waals surface area contributed by atoms with Gasteiger partial charge in [-0.2, -0.15) is 0 Å². The minimum Gasteiger partial charge on any atom is -0.456 e. The Morgan fingerprint density at radius 1 is 0.967 bits per heavy atom. The molecule has 0 aliphatic heterocycles. The largest absolute Gasteiger partial charge is 0.456 e. The quantitative estimate of drug-likeness (QED) is 0.379. The second kappa shape index (κ2) is 8.49. The fraction of sp³-hybridized carbons (Fsp3) is 0.160. The molecule has 1 unspecified atom stereocenters. The monoisotopic (exact) mass is 405 g/mol. The lowest BCUT2D eigenvalue weighted by Gasteiger charge is -2.14. The summed E-state index contributed by atoms with van der Waals surface area (Å²) in [5.41, 5.74) is 2.06. The molecule has 0 aliphatic carbocycles. The van der Waals surface area contributed by atoms with E-state index < -0.39 is 12.3 Å². The van der Waals surface area contributed by atoms with Gasteiger partial charge in [-0.05, 0) is 42.3 Å². The number of nitrogens with one attached hydrogen (secondary N) is 1. The molecule has 0 aliphatic rings. The molecule has 1 heterocycles. The molecule has 0 saturated carbocycles. The van der Waals surface area contributed by atoms with Gasteiger partial charge in [0, 0.05) is 22.0 Å². The third kappa shape index (κ3) is 3.96. The van der Waals surface area contributed by atoms with Gasteiger partial charge in [-0.3, -0.25) is 4.79 Å². The number of para-hydroxylation sites is 2. The van der Waals surface area contributed by atoms with Crippen molar-refractivity contribution in [1.29, 1.82) is 0 Å². The minimum absolute atomic E-state index is 0.174. The van der Waals surface area contributed by atoms with E-state index in [1.165, 1.54) is 6.08 Å². The lowest BCUT2D eigenvalue weighted by Crippen LogP contribution is -2.21. The third-order valence-corrected chi connectivity index (χ3v) is 5.15. The first-order valence-electron chi connectivity index (χ1n) is 9.84. The van der Waals surface area contributed by atoms with Gasteiger partial charge in [0.15, 0.2) is 0 Å². The molecule has 0 bridgehead atoms. The van der Waals surface area contributed by atoms with Crippen LogP contribution in [-0.2, 0) is 4.79 Å². The summed E-state index contributed by atoms with van der Waals surface area (Å²) >= 11 is 0. The second-order valence-corrected chi connectivity index (χ2v) is 7.10. The van der Waals surface area contributed by atoms with Crippen molar-refractivity contribution < 1.29 is 18.0 Å². The number of allylic oxidation sites excluding steroid dienone is 1. The first-order chi connectivity index (χ1) is 14.6. The number of hydrogen-bond acceptors (Lipinski definition) is 2. The van der Waals surface area contributed by atoms with E-state index >= 15 is 0 Å². The van der Waals surface area contributed by atoms with Gasteiger partial charge in [0.1, 0.15) is 11.2 Å². The summed E-state index contributed by atoms with van der Waals surface area (Å²) in [7, 11) is 0. The molecule has 1 amide bonds. The highest BCUT2D eigenvalue weighted by molar-refractivity contribution is 6.05. The van der Waals surface area contributed by atoms with Gasteiger partial charge >= 0.3 is 0 Å². The molecule has 30 heavy (non-hydrogen) atoms. The summed E-state index contributed by atoms with van der Waals surface area (Å²) in [6.07, 6.45) is -0.945. The van der Waals surface area contributed by atoms with E-state index in [1.807, 2.05) is 30.3 Å². The zero-order valence-corrected chi connectivity index (χ0v) is 16.4. The van der Waals surface area contributed by atoms with Gasteiger partial charge in [-0.15, -0.1) is 0 Å². The number of amides is 1. The Morgan fingerprint density at radius 3 is 2.40 bits per heavy atom. The van der Waals surface area contributed by atoms with Gasteiger partial charge in [0.05, 0.1) is 5.92 Å². The number of carbonyl (C=O) groups is 1. The fourth-order valence-corrected chi connectivity index (χ4v) is 3.55. The number of halogens is 2. The van der Waals surface area contributed by atoms with E-state index in [-0.39, 0.29) is 11.5 Å². The Balaban J connectivity index is 1.68. The third-order valence-electron chi connectivity index (χ3n) is 5.15. The Kier molecular flexibility index (Phi) is 5.61. The minimum atomic E-state index is -2.72.